The molecule has 0 spiro atoms. The van der Waals surface area contributed by atoms with Crippen LogP contribution in [0.2, 0.25) is 0 Å². The SMILES string of the molecule is COC(=O)CCC(C)[C@H]1CC[C@H]2[C@@H]3[C@H](O)C[C@@H]4C[C@@H](NC(=O)C(CCC(=O)O)NC(=O)C(CCC(=O)OCc5ccccc5)NC(=O)C(CCC(=O)OCc5ccccc5)NC(=O)OC(C)(C)C)CC[C@]4(C)[C@H]3C[C@H](O)[C@]12C. The summed E-state index contributed by atoms with van der Waals surface area (Å²) in [5.41, 5.74) is -0.209. The highest BCUT2D eigenvalue weighted by molar-refractivity contribution is 5.94. The minimum atomic E-state index is -1.53. The maximum absolute atomic E-state index is 14.4. The highest BCUT2D eigenvalue weighted by Gasteiger charge is 2.66. The van der Waals surface area contributed by atoms with E-state index in [1.54, 1.807) is 69.3 Å². The molecule has 430 valence electrons. The van der Waals surface area contributed by atoms with E-state index in [9.17, 15) is 53.7 Å². The number of hydrogen-bond acceptors (Lipinski definition) is 14. The Labute approximate surface area is 458 Å². The number of esters is 3. The molecule has 4 amide bonds. The number of alkyl carbamates (subject to hydrolysis) is 1. The number of aliphatic hydroxyl groups excluding tert-OH is 2. The van der Waals surface area contributed by atoms with Crippen molar-refractivity contribution < 1.29 is 72.6 Å². The van der Waals surface area contributed by atoms with Gasteiger partial charge in [0.2, 0.25) is 17.7 Å². The van der Waals surface area contributed by atoms with E-state index in [-0.39, 0.29) is 92.2 Å². The van der Waals surface area contributed by atoms with Crippen LogP contribution in [-0.4, -0.2) is 112 Å². The first kappa shape index (κ1) is 61.1. The Morgan fingerprint density at radius 1 is 0.654 bits per heavy atom. The molecule has 19 nitrogen and oxygen atoms in total. The van der Waals surface area contributed by atoms with Gasteiger partial charge in [-0.1, -0.05) is 81.4 Å². The molecule has 6 rings (SSSR count). The molecule has 0 aliphatic heterocycles. The third-order valence-corrected chi connectivity index (χ3v) is 17.6. The summed E-state index contributed by atoms with van der Waals surface area (Å²) in [6, 6.07) is 13.1. The predicted molar refractivity (Wildman–Crippen MR) is 285 cm³/mol. The van der Waals surface area contributed by atoms with Crippen molar-refractivity contribution in [1.82, 2.24) is 21.3 Å². The van der Waals surface area contributed by atoms with Crippen molar-refractivity contribution in [2.75, 3.05) is 7.11 Å². The van der Waals surface area contributed by atoms with Crippen molar-refractivity contribution in [1.29, 1.82) is 0 Å². The Kier molecular flexibility index (Phi) is 21.3. The number of carbonyl (C=O) groups is 8. The van der Waals surface area contributed by atoms with E-state index in [4.69, 9.17) is 18.9 Å². The Balaban J connectivity index is 1.15. The lowest BCUT2D eigenvalue weighted by molar-refractivity contribution is -0.202. The van der Waals surface area contributed by atoms with Crippen LogP contribution in [-0.2, 0) is 65.7 Å². The second-order valence-corrected chi connectivity index (χ2v) is 23.8. The van der Waals surface area contributed by atoms with Gasteiger partial charge in [-0.3, -0.25) is 33.6 Å². The van der Waals surface area contributed by atoms with Gasteiger partial charge >= 0.3 is 30.0 Å². The summed E-state index contributed by atoms with van der Waals surface area (Å²) in [4.78, 5) is 106. The molecule has 0 saturated heterocycles. The Bertz CT molecular complexity index is 2400. The lowest BCUT2D eigenvalue weighted by Gasteiger charge is -2.63. The topological polar surface area (TPSA) is 282 Å². The Hall–Kier alpha value is -6.08. The number of ether oxygens (including phenoxy) is 4. The highest BCUT2D eigenvalue weighted by atomic mass is 16.6. The zero-order chi connectivity index (χ0) is 57.0. The van der Waals surface area contributed by atoms with E-state index in [1.165, 1.54) is 7.11 Å². The first-order valence-corrected chi connectivity index (χ1v) is 27.9. The molecule has 4 fully saturated rings. The molecule has 4 aliphatic carbocycles. The van der Waals surface area contributed by atoms with Crippen LogP contribution < -0.4 is 21.3 Å². The minimum absolute atomic E-state index is 0.0248. The van der Waals surface area contributed by atoms with Gasteiger partial charge in [0, 0.05) is 31.7 Å². The molecule has 0 bridgehead atoms. The van der Waals surface area contributed by atoms with Crippen LogP contribution in [0, 0.1) is 46.3 Å². The van der Waals surface area contributed by atoms with Crippen molar-refractivity contribution in [3.8, 4) is 0 Å². The van der Waals surface area contributed by atoms with E-state index >= 15 is 0 Å². The van der Waals surface area contributed by atoms with E-state index in [0.717, 1.165) is 18.4 Å². The quantitative estimate of drug-likeness (QED) is 0.0440. The molecule has 14 atom stereocenters. The van der Waals surface area contributed by atoms with Crippen molar-refractivity contribution in [2.24, 2.45) is 46.3 Å². The summed E-state index contributed by atoms with van der Waals surface area (Å²) in [7, 11) is 1.39. The number of benzene rings is 2. The van der Waals surface area contributed by atoms with Crippen LogP contribution in [0.3, 0.4) is 0 Å². The summed E-state index contributed by atoms with van der Waals surface area (Å²) in [5.74, 6) is -4.92. The van der Waals surface area contributed by atoms with Gasteiger partial charge in [-0.15, -0.1) is 0 Å². The number of carboxylic acid groups (broad SMARTS) is 1. The predicted octanol–water partition coefficient (Wildman–Crippen LogP) is 6.44. The molecule has 0 aromatic heterocycles. The maximum Gasteiger partial charge on any atom is 0.408 e. The number of amides is 4. The smallest absolute Gasteiger partial charge is 0.408 e. The van der Waals surface area contributed by atoms with Crippen molar-refractivity contribution in [3.63, 3.8) is 0 Å². The van der Waals surface area contributed by atoms with Crippen LogP contribution in [0.4, 0.5) is 4.79 Å². The standard InChI is InChI=1S/C59H84N4O15/c1-35(18-25-49(68)75-7)40-19-20-41-52-42(32-47(65)59(40,41)6)58(5)29-28-39(30-38(58)31-46(52)64)60-53(71)43(21-24-48(66)67)61-54(72)44(22-26-50(69)76-33-36-14-10-8-11-15-36)62-55(73)45(63-56(74)78-57(2,3)4)23-27-51(70)77-34-37-16-12-9-13-17-37/h8-17,35,38-47,52,64-65H,18-34H2,1-7H3,(H,60,71)(H,61,72)(H,62,73)(H,63,74)(H,66,67)/t35?,38-,39-,40+,41-,42-,43?,44?,45?,46+,47-,52-,58-,59+/m0/s1. The lowest BCUT2D eigenvalue weighted by Crippen LogP contribution is -2.63. The number of fused-ring (bicyclic) bond motifs is 5. The molecule has 0 heterocycles. The summed E-state index contributed by atoms with van der Waals surface area (Å²) in [6.45, 7) is 11.3. The second kappa shape index (κ2) is 27.2. The number of methoxy groups -OCH3 is 1. The van der Waals surface area contributed by atoms with Crippen molar-refractivity contribution in [2.45, 2.75) is 193 Å². The van der Waals surface area contributed by atoms with Crippen LogP contribution in [0.5, 0.6) is 0 Å². The third-order valence-electron chi connectivity index (χ3n) is 17.6. The fourth-order valence-corrected chi connectivity index (χ4v) is 13.4. The largest absolute Gasteiger partial charge is 0.481 e. The zero-order valence-electron chi connectivity index (χ0n) is 46.5. The minimum Gasteiger partial charge on any atom is -0.481 e. The molecule has 4 unspecified atom stereocenters. The van der Waals surface area contributed by atoms with Gasteiger partial charge in [0.25, 0.3) is 0 Å². The average molecular weight is 1090 g/mol. The van der Waals surface area contributed by atoms with Gasteiger partial charge < -0.3 is 55.5 Å². The molecule has 4 saturated carbocycles. The molecule has 4 aliphatic rings. The summed E-state index contributed by atoms with van der Waals surface area (Å²) >= 11 is 0. The van der Waals surface area contributed by atoms with Gasteiger partial charge in [-0.25, -0.2) is 4.79 Å². The number of carbonyl (C=O) groups excluding carboxylic acids is 7. The highest BCUT2D eigenvalue weighted by Crippen LogP contribution is 2.68. The summed E-state index contributed by atoms with van der Waals surface area (Å²) in [5, 5.41) is 44.8. The molecule has 7 N–H and O–H groups in total. The van der Waals surface area contributed by atoms with Crippen LogP contribution in [0.1, 0.15) is 149 Å². The number of carboxylic acids is 1. The number of hydrogen-bond donors (Lipinski definition) is 7. The van der Waals surface area contributed by atoms with Crippen LogP contribution in [0.25, 0.3) is 0 Å². The van der Waals surface area contributed by atoms with E-state index in [0.29, 0.717) is 50.5 Å². The molecular formula is C59H84N4O15. The van der Waals surface area contributed by atoms with E-state index < -0.39 is 95.5 Å². The summed E-state index contributed by atoms with van der Waals surface area (Å²) < 4.78 is 21.2. The molecule has 2 aromatic rings. The van der Waals surface area contributed by atoms with Crippen molar-refractivity contribution in [3.05, 3.63) is 71.8 Å². The second-order valence-electron chi connectivity index (χ2n) is 23.8. The monoisotopic (exact) mass is 1090 g/mol. The van der Waals surface area contributed by atoms with Crippen LogP contribution >= 0.6 is 0 Å². The maximum atomic E-state index is 14.4. The van der Waals surface area contributed by atoms with Gasteiger partial charge in [-0.05, 0) is 149 Å². The van der Waals surface area contributed by atoms with Gasteiger partial charge in [0.15, 0.2) is 0 Å². The number of aliphatic carboxylic acids is 1. The van der Waals surface area contributed by atoms with Gasteiger partial charge in [0.05, 0.1) is 19.3 Å². The van der Waals surface area contributed by atoms with Crippen molar-refractivity contribution >= 4 is 47.7 Å². The average Bonchev–Trinajstić information content (AvgIpc) is 3.77. The van der Waals surface area contributed by atoms with Gasteiger partial charge in [0.1, 0.15) is 36.9 Å². The molecule has 2 aromatic carbocycles. The molecular weight excluding hydrogens is 1000 g/mol. The molecule has 19 heteroatoms. The fraction of sp³-hybridized carbons (Fsp3) is 0.661. The van der Waals surface area contributed by atoms with Crippen LogP contribution in [0.15, 0.2) is 60.7 Å². The van der Waals surface area contributed by atoms with E-state index in [2.05, 4.69) is 42.0 Å². The number of rotatable bonds is 24. The normalized spacial score (nSPS) is 27.8. The fourth-order valence-electron chi connectivity index (χ4n) is 13.4. The lowest BCUT2D eigenvalue weighted by atomic mass is 9.43. The molecule has 78 heavy (non-hydrogen) atoms. The zero-order valence-corrected chi connectivity index (χ0v) is 46.5. The first-order chi connectivity index (χ1) is 36.9. The van der Waals surface area contributed by atoms with E-state index in [1.807, 2.05) is 12.1 Å². The number of nitrogens with one attached hydrogen (secondary N) is 4. The molecule has 0 radical (unpaired) electrons. The van der Waals surface area contributed by atoms with Gasteiger partial charge in [-0.2, -0.15) is 0 Å². The number of aliphatic hydroxyl groups is 2. The third kappa shape index (κ3) is 16.0. The Morgan fingerprint density at radius 3 is 1.72 bits per heavy atom. The Morgan fingerprint density at radius 2 is 1.18 bits per heavy atom. The summed E-state index contributed by atoms with van der Waals surface area (Å²) in [6.07, 6.45) is 1.15. The first-order valence-electron chi connectivity index (χ1n) is 27.9.